The zero-order valence-corrected chi connectivity index (χ0v) is 12.2. The number of hydrogen-bond donors (Lipinski definition) is 2. The minimum Gasteiger partial charge on any atom is -0.394 e. The van der Waals surface area contributed by atoms with Gasteiger partial charge in [-0.15, -0.1) is 16.4 Å². The maximum Gasteiger partial charge on any atom is 0.0964 e. The van der Waals surface area contributed by atoms with E-state index >= 15 is 0 Å². The summed E-state index contributed by atoms with van der Waals surface area (Å²) in [4.78, 5) is 1.38. The average Bonchev–Trinajstić information content (AvgIpc) is 3.00. The van der Waals surface area contributed by atoms with Crippen molar-refractivity contribution in [2.24, 2.45) is 0 Å². The lowest BCUT2D eigenvalue weighted by Gasteiger charge is -2.23. The normalized spacial score (nSPS) is 11.9. The topological polar surface area (TPSA) is 63.0 Å². The number of rotatable bonds is 7. The van der Waals surface area contributed by atoms with Crippen LogP contribution in [0.2, 0.25) is 0 Å². The molecule has 0 fully saturated rings. The van der Waals surface area contributed by atoms with Crippen LogP contribution < -0.4 is 5.32 Å². The van der Waals surface area contributed by atoms with E-state index in [0.29, 0.717) is 13.1 Å². The number of aromatic nitrogens is 3. The molecule has 0 aliphatic rings. The Bertz CT molecular complexity index is 492. The molecular formula is C13H20N4OS. The minimum absolute atomic E-state index is 0.0850. The van der Waals surface area contributed by atoms with Gasteiger partial charge in [0.2, 0.25) is 0 Å². The molecule has 0 spiro atoms. The molecule has 0 amide bonds. The van der Waals surface area contributed by atoms with Gasteiger partial charge in [0.15, 0.2) is 0 Å². The van der Waals surface area contributed by atoms with Gasteiger partial charge in [0.25, 0.3) is 0 Å². The Morgan fingerprint density at radius 1 is 1.47 bits per heavy atom. The van der Waals surface area contributed by atoms with Crippen LogP contribution in [0, 0.1) is 0 Å². The monoisotopic (exact) mass is 280 g/mol. The highest BCUT2D eigenvalue weighted by Crippen LogP contribution is 2.26. The van der Waals surface area contributed by atoms with Crippen LogP contribution in [0.4, 0.5) is 0 Å². The summed E-state index contributed by atoms with van der Waals surface area (Å²) in [6.07, 6.45) is 1.86. The fourth-order valence-electron chi connectivity index (χ4n) is 1.89. The van der Waals surface area contributed by atoms with Crippen LogP contribution in [0.25, 0.3) is 0 Å². The highest BCUT2D eigenvalue weighted by atomic mass is 32.1. The van der Waals surface area contributed by atoms with Crippen molar-refractivity contribution in [2.45, 2.75) is 32.4 Å². The van der Waals surface area contributed by atoms with Crippen LogP contribution in [0.5, 0.6) is 0 Å². The molecule has 0 unspecified atom stereocenters. The molecule has 0 saturated carbocycles. The maximum atomic E-state index is 8.81. The molecule has 0 radical (unpaired) electrons. The highest BCUT2D eigenvalue weighted by molar-refractivity contribution is 7.10. The van der Waals surface area contributed by atoms with Gasteiger partial charge in [0, 0.05) is 29.6 Å². The molecule has 2 heterocycles. The average molecular weight is 280 g/mol. The first-order chi connectivity index (χ1) is 9.12. The van der Waals surface area contributed by atoms with Crippen molar-refractivity contribution < 1.29 is 5.11 Å². The third-order valence-electron chi connectivity index (χ3n) is 2.98. The van der Waals surface area contributed by atoms with Gasteiger partial charge in [-0.25, -0.2) is 4.68 Å². The van der Waals surface area contributed by atoms with E-state index in [1.54, 1.807) is 16.0 Å². The van der Waals surface area contributed by atoms with Gasteiger partial charge in [-0.2, -0.15) is 0 Å². The summed E-state index contributed by atoms with van der Waals surface area (Å²) in [5.74, 6) is 0. The fraction of sp³-hybridized carbons (Fsp3) is 0.538. The van der Waals surface area contributed by atoms with Crippen molar-refractivity contribution in [3.8, 4) is 0 Å². The maximum absolute atomic E-state index is 8.81. The lowest BCUT2D eigenvalue weighted by atomic mass is 9.91. The van der Waals surface area contributed by atoms with Gasteiger partial charge < -0.3 is 10.4 Å². The first-order valence-electron chi connectivity index (χ1n) is 6.36. The van der Waals surface area contributed by atoms with Crippen molar-refractivity contribution in [1.29, 1.82) is 0 Å². The predicted octanol–water partition coefficient (Wildman–Crippen LogP) is 1.40. The summed E-state index contributed by atoms with van der Waals surface area (Å²) in [5.41, 5.74) is 1.02. The summed E-state index contributed by atoms with van der Waals surface area (Å²) < 4.78 is 1.65. The Balaban J connectivity index is 1.82. The molecule has 19 heavy (non-hydrogen) atoms. The molecule has 0 aromatic carbocycles. The largest absolute Gasteiger partial charge is 0.394 e. The molecule has 2 rings (SSSR count). The summed E-state index contributed by atoms with van der Waals surface area (Å²) in [5, 5.41) is 22.3. The van der Waals surface area contributed by atoms with Gasteiger partial charge in [-0.05, 0) is 11.4 Å². The summed E-state index contributed by atoms with van der Waals surface area (Å²) in [6.45, 7) is 6.62. The van der Waals surface area contributed by atoms with Crippen LogP contribution in [0.3, 0.4) is 0 Å². The standard InChI is InChI=1S/C13H20N4OS/c1-13(2,12-4-3-7-19-12)10-14-8-11-9-17(5-6-18)16-15-11/h3-4,7,9,14,18H,5-6,8,10H2,1-2H3. The third kappa shape index (κ3) is 3.86. The molecule has 0 aliphatic carbocycles. The predicted molar refractivity (Wildman–Crippen MR) is 76.2 cm³/mol. The zero-order chi connectivity index (χ0) is 13.7. The molecule has 5 nitrogen and oxygen atoms in total. The zero-order valence-electron chi connectivity index (χ0n) is 11.3. The van der Waals surface area contributed by atoms with E-state index in [1.807, 2.05) is 6.20 Å². The number of nitrogens with one attached hydrogen (secondary N) is 1. The van der Waals surface area contributed by atoms with Gasteiger partial charge >= 0.3 is 0 Å². The number of thiophene rings is 1. The second kappa shape index (κ2) is 6.27. The van der Waals surface area contributed by atoms with E-state index in [1.165, 1.54) is 4.88 Å². The SMILES string of the molecule is CC(C)(CNCc1cn(CCO)nn1)c1cccs1. The summed E-state index contributed by atoms with van der Waals surface area (Å²) >= 11 is 1.79. The van der Waals surface area contributed by atoms with Crippen molar-refractivity contribution in [1.82, 2.24) is 20.3 Å². The second-order valence-electron chi connectivity index (χ2n) is 5.16. The van der Waals surface area contributed by atoms with Crippen LogP contribution in [-0.2, 0) is 18.5 Å². The molecule has 0 saturated heterocycles. The van der Waals surface area contributed by atoms with Crippen molar-refractivity contribution in [3.05, 3.63) is 34.3 Å². The minimum atomic E-state index is 0.0850. The van der Waals surface area contributed by atoms with Crippen LogP contribution >= 0.6 is 11.3 Å². The first kappa shape index (κ1) is 14.2. The third-order valence-corrected chi connectivity index (χ3v) is 4.21. The van der Waals surface area contributed by atoms with E-state index in [2.05, 4.69) is 47.0 Å². The molecule has 6 heteroatoms. The first-order valence-corrected chi connectivity index (χ1v) is 7.24. The fourth-order valence-corrected chi connectivity index (χ4v) is 2.74. The van der Waals surface area contributed by atoms with E-state index in [-0.39, 0.29) is 12.0 Å². The number of aliphatic hydroxyl groups excluding tert-OH is 1. The van der Waals surface area contributed by atoms with Crippen molar-refractivity contribution in [2.75, 3.05) is 13.2 Å². The van der Waals surface area contributed by atoms with Gasteiger partial charge in [-0.3, -0.25) is 0 Å². The Labute approximate surface area is 117 Å². The Kier molecular flexibility index (Phi) is 4.68. The van der Waals surface area contributed by atoms with Gasteiger partial charge in [0.05, 0.1) is 18.8 Å². The molecule has 2 aromatic rings. The van der Waals surface area contributed by atoms with Gasteiger partial charge in [-0.1, -0.05) is 25.1 Å². The van der Waals surface area contributed by atoms with E-state index in [4.69, 9.17) is 5.11 Å². The number of hydrogen-bond acceptors (Lipinski definition) is 5. The van der Waals surface area contributed by atoms with Crippen LogP contribution in [-0.4, -0.2) is 33.3 Å². The smallest absolute Gasteiger partial charge is 0.0964 e. The van der Waals surface area contributed by atoms with Crippen molar-refractivity contribution in [3.63, 3.8) is 0 Å². The van der Waals surface area contributed by atoms with Gasteiger partial charge in [0.1, 0.15) is 0 Å². The Morgan fingerprint density at radius 3 is 3.00 bits per heavy atom. The van der Waals surface area contributed by atoms with E-state index in [0.717, 1.165) is 12.2 Å². The Morgan fingerprint density at radius 2 is 2.32 bits per heavy atom. The van der Waals surface area contributed by atoms with Crippen molar-refractivity contribution >= 4 is 11.3 Å². The summed E-state index contributed by atoms with van der Waals surface area (Å²) in [6, 6.07) is 4.26. The van der Waals surface area contributed by atoms with Crippen LogP contribution in [0.1, 0.15) is 24.4 Å². The van der Waals surface area contributed by atoms with E-state index < -0.39 is 0 Å². The number of aliphatic hydroxyl groups is 1. The molecule has 2 N–H and O–H groups in total. The van der Waals surface area contributed by atoms with Crippen LogP contribution in [0.15, 0.2) is 23.7 Å². The number of nitrogens with zero attached hydrogens (tertiary/aromatic N) is 3. The lowest BCUT2D eigenvalue weighted by Crippen LogP contribution is -2.32. The molecule has 0 atom stereocenters. The second-order valence-corrected chi connectivity index (χ2v) is 6.11. The molecule has 0 aliphatic heterocycles. The van der Waals surface area contributed by atoms with E-state index in [9.17, 15) is 0 Å². The molecular weight excluding hydrogens is 260 g/mol. The highest BCUT2D eigenvalue weighted by Gasteiger charge is 2.21. The molecule has 104 valence electrons. The Hall–Kier alpha value is -1.24. The lowest BCUT2D eigenvalue weighted by molar-refractivity contribution is 0.268. The quantitative estimate of drug-likeness (QED) is 0.805. The molecule has 0 bridgehead atoms. The summed E-state index contributed by atoms with van der Waals surface area (Å²) in [7, 11) is 0. The molecule has 2 aromatic heterocycles.